The highest BCUT2D eigenvalue weighted by molar-refractivity contribution is 6.31. The number of hydrogen-bond acceptors (Lipinski definition) is 4. The lowest BCUT2D eigenvalue weighted by molar-refractivity contribution is 0.318. The van der Waals surface area contributed by atoms with E-state index in [0.717, 1.165) is 33.4 Å². The zero-order chi connectivity index (χ0) is 19.5. The Balaban J connectivity index is 1.92. The van der Waals surface area contributed by atoms with Gasteiger partial charge in [0.25, 0.3) is 0 Å². The Morgan fingerprint density at radius 3 is 2.93 bits per heavy atom. The van der Waals surface area contributed by atoms with E-state index in [0.29, 0.717) is 18.9 Å². The summed E-state index contributed by atoms with van der Waals surface area (Å²) in [5.74, 6) is 0.193. The van der Waals surface area contributed by atoms with Gasteiger partial charge >= 0.3 is 0 Å². The Hall–Kier alpha value is -2.96. The fourth-order valence-corrected chi connectivity index (χ4v) is 3.30. The third-order valence-electron chi connectivity index (χ3n) is 4.43. The molecular formula is C21H18ClFN4O. The van der Waals surface area contributed by atoms with Crippen LogP contribution in [0.15, 0.2) is 55.0 Å². The molecule has 2 N–H and O–H groups in total. The number of rotatable bonds is 6. The SMILES string of the molecule is CNCCOc1cnccc1-c1[nH]c2cccnc2c1-c1ccc(F)c(Cl)c1. The first kappa shape index (κ1) is 18.4. The zero-order valence-electron chi connectivity index (χ0n) is 15.2. The quantitative estimate of drug-likeness (QED) is 0.464. The number of nitrogens with one attached hydrogen (secondary N) is 2. The molecule has 0 atom stereocenters. The topological polar surface area (TPSA) is 62.8 Å². The first-order chi connectivity index (χ1) is 13.7. The first-order valence-electron chi connectivity index (χ1n) is 8.83. The Morgan fingerprint density at radius 1 is 1.21 bits per heavy atom. The molecule has 4 aromatic rings. The van der Waals surface area contributed by atoms with Gasteiger partial charge in [-0.25, -0.2) is 4.39 Å². The summed E-state index contributed by atoms with van der Waals surface area (Å²) in [5, 5.41) is 3.12. The van der Waals surface area contributed by atoms with Crippen LogP contribution in [0.4, 0.5) is 4.39 Å². The standard InChI is InChI=1S/C21H18ClFN4O/c1-24-9-10-28-18-12-25-8-6-14(18)20-19(13-4-5-16(23)15(22)11-13)21-17(27-20)3-2-7-26-21/h2-8,11-12,24,27H,9-10H2,1H3. The molecule has 0 amide bonds. The third-order valence-corrected chi connectivity index (χ3v) is 4.72. The molecule has 28 heavy (non-hydrogen) atoms. The minimum atomic E-state index is -0.459. The van der Waals surface area contributed by atoms with E-state index in [1.54, 1.807) is 30.7 Å². The van der Waals surface area contributed by atoms with Crippen LogP contribution in [-0.4, -0.2) is 35.2 Å². The maximum absolute atomic E-state index is 13.7. The van der Waals surface area contributed by atoms with Crippen LogP contribution in [0.5, 0.6) is 5.75 Å². The van der Waals surface area contributed by atoms with E-state index in [4.69, 9.17) is 16.3 Å². The number of pyridine rings is 2. The number of likely N-dealkylation sites (N-methyl/N-ethyl adjacent to an activating group) is 1. The van der Waals surface area contributed by atoms with Crippen molar-refractivity contribution >= 4 is 22.6 Å². The number of hydrogen-bond donors (Lipinski definition) is 2. The average Bonchev–Trinajstić information content (AvgIpc) is 3.10. The Bertz CT molecular complexity index is 1130. The minimum Gasteiger partial charge on any atom is -0.490 e. The normalized spacial score (nSPS) is 11.1. The molecule has 0 aliphatic carbocycles. The molecule has 0 aliphatic heterocycles. The van der Waals surface area contributed by atoms with Crippen molar-refractivity contribution in [2.24, 2.45) is 0 Å². The zero-order valence-corrected chi connectivity index (χ0v) is 15.9. The molecule has 0 unspecified atom stereocenters. The lowest BCUT2D eigenvalue weighted by atomic mass is 10.0. The lowest BCUT2D eigenvalue weighted by Gasteiger charge is -2.12. The van der Waals surface area contributed by atoms with Gasteiger partial charge in [0, 0.05) is 30.1 Å². The summed E-state index contributed by atoms with van der Waals surface area (Å²) in [6, 6.07) is 10.4. The van der Waals surface area contributed by atoms with Crippen LogP contribution in [0.1, 0.15) is 0 Å². The van der Waals surface area contributed by atoms with Crippen LogP contribution in [0.2, 0.25) is 5.02 Å². The van der Waals surface area contributed by atoms with Crippen molar-refractivity contribution in [2.45, 2.75) is 0 Å². The van der Waals surface area contributed by atoms with Gasteiger partial charge in [-0.1, -0.05) is 17.7 Å². The van der Waals surface area contributed by atoms with E-state index in [2.05, 4.69) is 20.3 Å². The van der Waals surface area contributed by atoms with Crippen LogP contribution in [0.3, 0.4) is 0 Å². The number of halogens is 2. The van der Waals surface area contributed by atoms with Crippen LogP contribution in [-0.2, 0) is 0 Å². The van der Waals surface area contributed by atoms with E-state index in [1.165, 1.54) is 6.07 Å². The van der Waals surface area contributed by atoms with Gasteiger partial charge in [-0.15, -0.1) is 0 Å². The van der Waals surface area contributed by atoms with E-state index in [9.17, 15) is 4.39 Å². The van der Waals surface area contributed by atoms with Crippen molar-refractivity contribution in [3.05, 3.63) is 65.8 Å². The molecule has 0 saturated carbocycles. The van der Waals surface area contributed by atoms with E-state index < -0.39 is 5.82 Å². The van der Waals surface area contributed by atoms with Gasteiger partial charge in [0.2, 0.25) is 0 Å². The van der Waals surface area contributed by atoms with Crippen molar-refractivity contribution < 1.29 is 9.13 Å². The molecule has 0 bridgehead atoms. The number of aromatic nitrogens is 3. The smallest absolute Gasteiger partial charge is 0.146 e. The summed E-state index contributed by atoms with van der Waals surface area (Å²) in [5.41, 5.74) is 4.91. The highest BCUT2D eigenvalue weighted by Crippen LogP contribution is 2.41. The number of nitrogens with zero attached hydrogens (tertiary/aromatic N) is 2. The second kappa shape index (κ2) is 7.96. The van der Waals surface area contributed by atoms with E-state index >= 15 is 0 Å². The molecule has 0 spiro atoms. The predicted molar refractivity (Wildman–Crippen MR) is 109 cm³/mol. The monoisotopic (exact) mass is 396 g/mol. The molecule has 3 aromatic heterocycles. The van der Waals surface area contributed by atoms with Crippen LogP contribution in [0.25, 0.3) is 33.4 Å². The summed E-state index contributed by atoms with van der Waals surface area (Å²) < 4.78 is 19.6. The van der Waals surface area contributed by atoms with Crippen molar-refractivity contribution in [1.82, 2.24) is 20.3 Å². The van der Waals surface area contributed by atoms with Crippen molar-refractivity contribution in [3.63, 3.8) is 0 Å². The van der Waals surface area contributed by atoms with Gasteiger partial charge in [-0.2, -0.15) is 0 Å². The molecule has 0 fully saturated rings. The number of fused-ring (bicyclic) bond motifs is 1. The van der Waals surface area contributed by atoms with Gasteiger partial charge in [0.1, 0.15) is 18.2 Å². The van der Waals surface area contributed by atoms with Gasteiger partial charge in [-0.3, -0.25) is 9.97 Å². The lowest BCUT2D eigenvalue weighted by Crippen LogP contribution is -2.16. The number of ether oxygens (including phenoxy) is 1. The molecule has 0 radical (unpaired) electrons. The average molecular weight is 397 g/mol. The van der Waals surface area contributed by atoms with Gasteiger partial charge in [0.15, 0.2) is 0 Å². The summed E-state index contributed by atoms with van der Waals surface area (Å²) >= 11 is 6.05. The number of benzene rings is 1. The maximum atomic E-state index is 13.7. The third kappa shape index (κ3) is 3.44. The van der Waals surface area contributed by atoms with Gasteiger partial charge in [-0.05, 0) is 42.9 Å². The molecule has 1 aromatic carbocycles. The van der Waals surface area contributed by atoms with Crippen molar-refractivity contribution in [1.29, 1.82) is 0 Å². The highest BCUT2D eigenvalue weighted by atomic mass is 35.5. The molecule has 3 heterocycles. The molecular weight excluding hydrogens is 379 g/mol. The number of aromatic amines is 1. The molecule has 142 valence electrons. The fraction of sp³-hybridized carbons (Fsp3) is 0.143. The van der Waals surface area contributed by atoms with Crippen LogP contribution < -0.4 is 10.1 Å². The number of H-pyrrole nitrogens is 1. The highest BCUT2D eigenvalue weighted by Gasteiger charge is 2.19. The van der Waals surface area contributed by atoms with E-state index in [-0.39, 0.29) is 5.02 Å². The second-order valence-electron chi connectivity index (χ2n) is 6.23. The Labute approximate surface area is 166 Å². The van der Waals surface area contributed by atoms with Gasteiger partial charge in [0.05, 0.1) is 27.9 Å². The van der Waals surface area contributed by atoms with Crippen molar-refractivity contribution in [2.75, 3.05) is 20.2 Å². The van der Waals surface area contributed by atoms with Crippen LogP contribution in [0, 0.1) is 5.82 Å². The first-order valence-corrected chi connectivity index (χ1v) is 9.20. The molecule has 4 rings (SSSR count). The second-order valence-corrected chi connectivity index (χ2v) is 6.63. The summed E-state index contributed by atoms with van der Waals surface area (Å²) in [7, 11) is 1.87. The van der Waals surface area contributed by atoms with E-state index in [1.807, 2.05) is 25.2 Å². The molecule has 7 heteroatoms. The van der Waals surface area contributed by atoms with Gasteiger partial charge < -0.3 is 15.0 Å². The molecule has 0 saturated heterocycles. The summed E-state index contributed by atoms with van der Waals surface area (Å²) in [6.45, 7) is 1.22. The molecule has 5 nitrogen and oxygen atoms in total. The van der Waals surface area contributed by atoms with Crippen LogP contribution >= 0.6 is 11.6 Å². The summed E-state index contributed by atoms with van der Waals surface area (Å²) in [6.07, 6.45) is 5.12. The Morgan fingerprint density at radius 2 is 2.11 bits per heavy atom. The molecule has 0 aliphatic rings. The Kier molecular flexibility index (Phi) is 5.23. The van der Waals surface area contributed by atoms with Crippen molar-refractivity contribution in [3.8, 4) is 28.1 Å². The predicted octanol–water partition coefficient (Wildman–Crippen LogP) is 4.68. The summed E-state index contributed by atoms with van der Waals surface area (Å²) in [4.78, 5) is 12.1. The largest absolute Gasteiger partial charge is 0.490 e. The minimum absolute atomic E-state index is 0.0638. The fourth-order valence-electron chi connectivity index (χ4n) is 3.12. The maximum Gasteiger partial charge on any atom is 0.146 e.